The van der Waals surface area contributed by atoms with Gasteiger partial charge in [-0.3, -0.25) is 4.79 Å². The first-order chi connectivity index (χ1) is 4.71. The number of hydrogen-bond donors (Lipinski definition) is 1. The maximum atomic E-state index is 10.5. The van der Waals surface area contributed by atoms with Crippen LogP contribution in [0, 0.1) is 16.7 Å². The van der Waals surface area contributed by atoms with E-state index in [9.17, 15) is 4.79 Å². The van der Waals surface area contributed by atoms with Gasteiger partial charge in [-0.05, 0) is 12.2 Å². The van der Waals surface area contributed by atoms with Gasteiger partial charge in [0.05, 0.1) is 6.07 Å². The van der Waals surface area contributed by atoms with Gasteiger partial charge in [0.25, 0.3) is 0 Å². The van der Waals surface area contributed by atoms with Crippen LogP contribution >= 0.6 is 11.8 Å². The van der Waals surface area contributed by atoms with Crippen molar-refractivity contribution in [3.05, 3.63) is 0 Å². The number of nitrogens with zero attached hydrogens (tertiary/aromatic N) is 1. The van der Waals surface area contributed by atoms with Gasteiger partial charge in [-0.2, -0.15) is 17.0 Å². The third-order valence-electron chi connectivity index (χ3n) is 1.65. The first kappa shape index (κ1) is 7.42. The highest BCUT2D eigenvalue weighted by Gasteiger charge is 2.42. The normalized spacial score (nSPS) is 31.5. The van der Waals surface area contributed by atoms with E-state index >= 15 is 0 Å². The van der Waals surface area contributed by atoms with E-state index in [1.165, 1.54) is 11.8 Å². The van der Waals surface area contributed by atoms with Crippen LogP contribution in [0.1, 0.15) is 6.42 Å². The monoisotopic (exact) mass is 157 g/mol. The van der Waals surface area contributed by atoms with Gasteiger partial charge in [0.15, 0.2) is 5.41 Å². The topological polar surface area (TPSA) is 61.1 Å². The first-order valence-electron chi connectivity index (χ1n) is 2.94. The van der Waals surface area contributed by atoms with Gasteiger partial charge in [-0.1, -0.05) is 0 Å². The summed E-state index contributed by atoms with van der Waals surface area (Å²) in [7, 11) is 0. The second kappa shape index (κ2) is 2.51. The quantitative estimate of drug-likeness (QED) is 0.609. The Kier molecular flexibility index (Phi) is 1.86. The van der Waals surface area contributed by atoms with Crippen molar-refractivity contribution in [2.75, 3.05) is 11.5 Å². The van der Waals surface area contributed by atoms with E-state index in [4.69, 9.17) is 10.4 Å². The number of carbonyl (C=O) groups is 1. The van der Waals surface area contributed by atoms with E-state index in [2.05, 4.69) is 0 Å². The lowest BCUT2D eigenvalue weighted by molar-refractivity contribution is -0.144. The molecule has 0 spiro atoms. The standard InChI is InChI=1S/C6H7NO2S/c7-3-6(5(8)9)1-2-10-4-6/h1-2,4H2,(H,8,9). The Balaban J connectivity index is 2.80. The SMILES string of the molecule is N#CC1(C(=O)O)CCSC1. The van der Waals surface area contributed by atoms with Gasteiger partial charge in [-0.25, -0.2) is 0 Å². The lowest BCUT2D eigenvalue weighted by atomic mass is 9.90. The van der Waals surface area contributed by atoms with Crippen molar-refractivity contribution in [2.24, 2.45) is 5.41 Å². The van der Waals surface area contributed by atoms with E-state index in [1.54, 1.807) is 0 Å². The average Bonchev–Trinajstić information content (AvgIpc) is 2.35. The Morgan fingerprint density at radius 3 is 2.70 bits per heavy atom. The van der Waals surface area contributed by atoms with Crippen molar-refractivity contribution < 1.29 is 9.90 Å². The first-order valence-corrected chi connectivity index (χ1v) is 4.09. The molecule has 1 rings (SSSR count). The number of aliphatic carboxylic acids is 1. The van der Waals surface area contributed by atoms with Crippen molar-refractivity contribution in [3.8, 4) is 6.07 Å². The zero-order valence-corrected chi connectivity index (χ0v) is 6.15. The Labute approximate surface area is 63.0 Å². The summed E-state index contributed by atoms with van der Waals surface area (Å²) in [5.41, 5.74) is -1.08. The largest absolute Gasteiger partial charge is 0.480 e. The minimum atomic E-state index is -1.08. The molecule has 1 saturated heterocycles. The maximum absolute atomic E-state index is 10.5. The molecular weight excluding hydrogens is 150 g/mol. The molecule has 0 radical (unpaired) electrons. The van der Waals surface area contributed by atoms with Gasteiger partial charge in [-0.15, -0.1) is 0 Å². The molecule has 1 fully saturated rings. The molecule has 0 aliphatic carbocycles. The van der Waals surface area contributed by atoms with Crippen LogP contribution in [-0.4, -0.2) is 22.6 Å². The summed E-state index contributed by atoms with van der Waals surface area (Å²) in [4.78, 5) is 10.5. The van der Waals surface area contributed by atoms with Crippen LogP contribution in [0.15, 0.2) is 0 Å². The number of thioether (sulfide) groups is 1. The molecule has 0 aromatic carbocycles. The lowest BCUT2D eigenvalue weighted by Gasteiger charge is -2.10. The smallest absolute Gasteiger partial charge is 0.324 e. The summed E-state index contributed by atoms with van der Waals surface area (Å²) in [6, 6.07) is 1.86. The van der Waals surface area contributed by atoms with E-state index in [-0.39, 0.29) is 0 Å². The summed E-state index contributed by atoms with van der Waals surface area (Å²) < 4.78 is 0. The summed E-state index contributed by atoms with van der Waals surface area (Å²) >= 11 is 1.53. The molecule has 1 N–H and O–H groups in total. The van der Waals surface area contributed by atoms with Crippen LogP contribution < -0.4 is 0 Å². The zero-order chi connectivity index (χ0) is 7.61. The highest BCUT2D eigenvalue weighted by Crippen LogP contribution is 2.35. The Hall–Kier alpha value is -0.690. The van der Waals surface area contributed by atoms with Crippen LogP contribution in [0.3, 0.4) is 0 Å². The average molecular weight is 157 g/mol. The molecule has 0 amide bonds. The fourth-order valence-corrected chi connectivity index (χ4v) is 2.19. The molecule has 1 aliphatic heterocycles. The third-order valence-corrected chi connectivity index (χ3v) is 2.83. The molecule has 1 atom stereocenters. The Morgan fingerprint density at radius 2 is 2.50 bits per heavy atom. The summed E-state index contributed by atoms with van der Waals surface area (Å²) in [5.74, 6) is 0.263. The fourth-order valence-electron chi connectivity index (χ4n) is 0.870. The second-order valence-corrected chi connectivity index (χ2v) is 3.41. The highest BCUT2D eigenvalue weighted by atomic mass is 32.2. The van der Waals surface area contributed by atoms with Gasteiger partial charge >= 0.3 is 5.97 Å². The van der Waals surface area contributed by atoms with Gasteiger partial charge in [0, 0.05) is 5.75 Å². The predicted molar refractivity (Wildman–Crippen MR) is 37.6 cm³/mol. The van der Waals surface area contributed by atoms with E-state index in [0.29, 0.717) is 12.2 Å². The molecule has 1 unspecified atom stereocenters. The van der Waals surface area contributed by atoms with Gasteiger partial charge in [0.2, 0.25) is 0 Å². The van der Waals surface area contributed by atoms with Gasteiger partial charge < -0.3 is 5.11 Å². The molecule has 10 heavy (non-hydrogen) atoms. The molecule has 1 aliphatic rings. The number of rotatable bonds is 1. The van der Waals surface area contributed by atoms with Gasteiger partial charge in [0.1, 0.15) is 0 Å². The number of nitriles is 1. The lowest BCUT2D eigenvalue weighted by Crippen LogP contribution is -2.28. The predicted octanol–water partition coefficient (Wildman–Crippen LogP) is 0.718. The second-order valence-electron chi connectivity index (χ2n) is 2.30. The van der Waals surface area contributed by atoms with Crippen molar-refractivity contribution in [1.82, 2.24) is 0 Å². The number of carboxylic acids is 1. The molecule has 54 valence electrons. The van der Waals surface area contributed by atoms with E-state index in [0.717, 1.165) is 5.75 Å². The molecular formula is C6H7NO2S. The molecule has 4 heteroatoms. The minimum absolute atomic E-state index is 0.443. The molecule has 0 bridgehead atoms. The van der Waals surface area contributed by atoms with Crippen molar-refractivity contribution in [3.63, 3.8) is 0 Å². The molecule has 0 saturated carbocycles. The Morgan fingerprint density at radius 1 is 1.80 bits per heavy atom. The van der Waals surface area contributed by atoms with Crippen LogP contribution in [-0.2, 0) is 4.79 Å². The molecule has 1 heterocycles. The van der Waals surface area contributed by atoms with Crippen LogP contribution in [0.25, 0.3) is 0 Å². The van der Waals surface area contributed by atoms with E-state index in [1.807, 2.05) is 6.07 Å². The van der Waals surface area contributed by atoms with Crippen LogP contribution in [0.2, 0.25) is 0 Å². The third kappa shape index (κ3) is 0.971. The summed E-state index contributed by atoms with van der Waals surface area (Å²) in [5, 5.41) is 17.2. The minimum Gasteiger partial charge on any atom is -0.480 e. The molecule has 0 aromatic rings. The number of carboxylic acid groups (broad SMARTS) is 1. The highest BCUT2D eigenvalue weighted by molar-refractivity contribution is 7.99. The fraction of sp³-hybridized carbons (Fsp3) is 0.667. The number of hydrogen-bond acceptors (Lipinski definition) is 3. The maximum Gasteiger partial charge on any atom is 0.324 e. The Bertz CT molecular complexity index is 190. The molecule has 3 nitrogen and oxygen atoms in total. The van der Waals surface area contributed by atoms with Crippen LogP contribution in [0.4, 0.5) is 0 Å². The molecule has 0 aromatic heterocycles. The summed E-state index contributed by atoms with van der Waals surface area (Å²) in [6.45, 7) is 0. The van der Waals surface area contributed by atoms with Crippen molar-refractivity contribution in [1.29, 1.82) is 5.26 Å². The summed E-state index contributed by atoms with van der Waals surface area (Å²) in [6.07, 6.45) is 0.490. The van der Waals surface area contributed by atoms with Crippen molar-refractivity contribution in [2.45, 2.75) is 6.42 Å². The van der Waals surface area contributed by atoms with Crippen LogP contribution in [0.5, 0.6) is 0 Å². The van der Waals surface area contributed by atoms with Crippen molar-refractivity contribution >= 4 is 17.7 Å². The van der Waals surface area contributed by atoms with E-state index < -0.39 is 11.4 Å². The zero-order valence-electron chi connectivity index (χ0n) is 5.33.